The minimum atomic E-state index is -0.412. The Morgan fingerprint density at radius 2 is 1.43 bits per heavy atom. The average Bonchev–Trinajstić information content (AvgIpc) is 2.33. The van der Waals surface area contributed by atoms with E-state index in [2.05, 4.69) is 10.2 Å². The number of nitro benzene ring substituents is 1. The minimum Gasteiger partial charge on any atom is -0.258 e. The fourth-order valence-corrected chi connectivity index (χ4v) is 2.37. The Morgan fingerprint density at radius 1 is 0.857 bits per heavy atom. The summed E-state index contributed by atoms with van der Waals surface area (Å²) in [6.07, 6.45) is 0. The molecule has 0 aliphatic heterocycles. The first-order valence-electron chi connectivity index (χ1n) is 6.62. The van der Waals surface area contributed by atoms with E-state index in [0.29, 0.717) is 11.3 Å². The number of azo groups is 1. The van der Waals surface area contributed by atoms with Gasteiger partial charge in [-0.25, -0.2) is 0 Å². The van der Waals surface area contributed by atoms with Crippen LogP contribution in [0.2, 0.25) is 0 Å². The number of rotatable bonds is 3. The Balaban J connectivity index is 2.47. The second-order valence-electron chi connectivity index (χ2n) is 5.25. The lowest BCUT2D eigenvalue weighted by atomic mass is 10.1. The monoisotopic (exact) mass is 283 g/mol. The van der Waals surface area contributed by atoms with Crippen LogP contribution in [0.5, 0.6) is 0 Å². The summed E-state index contributed by atoms with van der Waals surface area (Å²) in [7, 11) is 0. The van der Waals surface area contributed by atoms with E-state index < -0.39 is 4.92 Å². The second kappa shape index (κ2) is 5.83. The van der Waals surface area contributed by atoms with Gasteiger partial charge in [-0.05, 0) is 68.7 Å². The standard InChI is InChI=1S/C16H17N3O2/c1-10-5-11(2)8-14(7-10)17-18-15-9-12(3)6-13(4)16(15)19(20)21/h5-9H,1-4H3. The van der Waals surface area contributed by atoms with Gasteiger partial charge >= 0.3 is 0 Å². The van der Waals surface area contributed by atoms with E-state index in [-0.39, 0.29) is 11.4 Å². The second-order valence-corrected chi connectivity index (χ2v) is 5.25. The van der Waals surface area contributed by atoms with Gasteiger partial charge in [-0.2, -0.15) is 5.11 Å². The van der Waals surface area contributed by atoms with E-state index in [1.165, 1.54) is 0 Å². The van der Waals surface area contributed by atoms with Crippen molar-refractivity contribution in [2.24, 2.45) is 10.2 Å². The Morgan fingerprint density at radius 3 is 2.00 bits per heavy atom. The van der Waals surface area contributed by atoms with Crippen molar-refractivity contribution in [2.75, 3.05) is 0 Å². The Bertz CT molecular complexity index is 716. The molecule has 2 aromatic rings. The van der Waals surface area contributed by atoms with Gasteiger partial charge in [-0.3, -0.25) is 10.1 Å². The fraction of sp³-hybridized carbons (Fsp3) is 0.250. The molecular weight excluding hydrogens is 266 g/mol. The molecule has 0 N–H and O–H groups in total. The molecule has 0 saturated heterocycles. The minimum absolute atomic E-state index is 0.00808. The predicted octanol–water partition coefficient (Wildman–Crippen LogP) is 5.24. The summed E-state index contributed by atoms with van der Waals surface area (Å²) in [6, 6.07) is 9.28. The van der Waals surface area contributed by atoms with Crippen LogP contribution in [0.3, 0.4) is 0 Å². The van der Waals surface area contributed by atoms with Gasteiger partial charge in [0.2, 0.25) is 0 Å². The Kier molecular flexibility index (Phi) is 4.12. The summed E-state index contributed by atoms with van der Waals surface area (Å²) in [6.45, 7) is 7.55. The molecule has 5 nitrogen and oxygen atoms in total. The summed E-state index contributed by atoms with van der Waals surface area (Å²) in [5.41, 5.74) is 4.67. The molecule has 0 aliphatic carbocycles. The average molecular weight is 283 g/mol. The molecular formula is C16H17N3O2. The molecule has 0 amide bonds. The molecule has 0 unspecified atom stereocenters. The van der Waals surface area contributed by atoms with E-state index in [0.717, 1.165) is 16.7 Å². The molecule has 0 spiro atoms. The van der Waals surface area contributed by atoms with Crippen LogP contribution >= 0.6 is 0 Å². The van der Waals surface area contributed by atoms with E-state index in [4.69, 9.17) is 0 Å². The quantitative estimate of drug-likeness (QED) is 0.439. The number of hydrogen-bond acceptors (Lipinski definition) is 4. The van der Waals surface area contributed by atoms with Crippen LogP contribution < -0.4 is 0 Å². The van der Waals surface area contributed by atoms with Crippen molar-refractivity contribution >= 4 is 17.1 Å². The lowest BCUT2D eigenvalue weighted by molar-refractivity contribution is -0.384. The molecule has 0 heterocycles. The highest BCUT2D eigenvalue weighted by Gasteiger charge is 2.17. The zero-order chi connectivity index (χ0) is 15.6. The van der Waals surface area contributed by atoms with Gasteiger partial charge in [-0.1, -0.05) is 6.07 Å². The molecule has 0 saturated carbocycles. The van der Waals surface area contributed by atoms with Crippen LogP contribution in [0.15, 0.2) is 40.6 Å². The summed E-state index contributed by atoms with van der Waals surface area (Å²) in [4.78, 5) is 10.8. The molecule has 21 heavy (non-hydrogen) atoms. The van der Waals surface area contributed by atoms with Crippen LogP contribution in [0.1, 0.15) is 22.3 Å². The summed E-state index contributed by atoms with van der Waals surface area (Å²) >= 11 is 0. The summed E-state index contributed by atoms with van der Waals surface area (Å²) in [5, 5.41) is 19.4. The highest BCUT2D eigenvalue weighted by Crippen LogP contribution is 2.33. The van der Waals surface area contributed by atoms with Crippen molar-refractivity contribution in [3.63, 3.8) is 0 Å². The van der Waals surface area contributed by atoms with Gasteiger partial charge in [0, 0.05) is 5.56 Å². The molecule has 2 aromatic carbocycles. The third kappa shape index (κ3) is 3.51. The van der Waals surface area contributed by atoms with Crippen LogP contribution in [-0.4, -0.2) is 4.92 Å². The first-order valence-corrected chi connectivity index (χ1v) is 6.62. The number of nitro groups is 1. The van der Waals surface area contributed by atoms with Gasteiger partial charge in [0.15, 0.2) is 5.69 Å². The van der Waals surface area contributed by atoms with Crippen molar-refractivity contribution in [1.82, 2.24) is 0 Å². The predicted molar refractivity (Wildman–Crippen MR) is 82.7 cm³/mol. The first-order chi connectivity index (χ1) is 9.86. The van der Waals surface area contributed by atoms with Gasteiger partial charge in [0.25, 0.3) is 5.69 Å². The smallest absolute Gasteiger partial charge is 0.258 e. The van der Waals surface area contributed by atoms with Crippen molar-refractivity contribution < 1.29 is 4.92 Å². The number of aryl methyl sites for hydroxylation is 4. The van der Waals surface area contributed by atoms with Crippen LogP contribution in [0.4, 0.5) is 17.1 Å². The highest BCUT2D eigenvalue weighted by atomic mass is 16.6. The normalized spacial score (nSPS) is 11.0. The highest BCUT2D eigenvalue weighted by molar-refractivity contribution is 5.63. The molecule has 0 aromatic heterocycles. The SMILES string of the molecule is Cc1cc(C)cc(N=Nc2cc(C)cc(C)c2[N+](=O)[O-])c1. The number of benzene rings is 2. The topological polar surface area (TPSA) is 67.9 Å². The largest absolute Gasteiger partial charge is 0.299 e. The van der Waals surface area contributed by atoms with Gasteiger partial charge in [0.1, 0.15) is 0 Å². The van der Waals surface area contributed by atoms with Gasteiger partial charge in [0.05, 0.1) is 10.6 Å². The maximum atomic E-state index is 11.2. The molecule has 0 bridgehead atoms. The third-order valence-electron chi connectivity index (χ3n) is 3.09. The van der Waals surface area contributed by atoms with Gasteiger partial charge in [-0.15, -0.1) is 5.11 Å². The van der Waals surface area contributed by atoms with Crippen molar-refractivity contribution in [3.05, 3.63) is 62.7 Å². The molecule has 0 fully saturated rings. The molecule has 108 valence electrons. The van der Waals surface area contributed by atoms with E-state index in [1.807, 2.05) is 39.0 Å². The van der Waals surface area contributed by atoms with Crippen molar-refractivity contribution in [2.45, 2.75) is 27.7 Å². The summed E-state index contributed by atoms with van der Waals surface area (Å²) in [5.74, 6) is 0. The zero-order valence-electron chi connectivity index (χ0n) is 12.5. The molecule has 0 radical (unpaired) electrons. The zero-order valence-corrected chi connectivity index (χ0v) is 12.5. The lowest BCUT2D eigenvalue weighted by Crippen LogP contribution is -1.92. The third-order valence-corrected chi connectivity index (χ3v) is 3.09. The molecule has 0 aliphatic rings. The van der Waals surface area contributed by atoms with E-state index in [1.54, 1.807) is 19.1 Å². The van der Waals surface area contributed by atoms with E-state index in [9.17, 15) is 10.1 Å². The number of hydrogen-bond donors (Lipinski definition) is 0. The van der Waals surface area contributed by atoms with Crippen molar-refractivity contribution in [1.29, 1.82) is 0 Å². The Hall–Kier alpha value is -2.56. The Labute approximate surface area is 123 Å². The van der Waals surface area contributed by atoms with Crippen LogP contribution in [0.25, 0.3) is 0 Å². The van der Waals surface area contributed by atoms with E-state index >= 15 is 0 Å². The summed E-state index contributed by atoms with van der Waals surface area (Å²) < 4.78 is 0. The lowest BCUT2D eigenvalue weighted by Gasteiger charge is -2.03. The van der Waals surface area contributed by atoms with Gasteiger partial charge < -0.3 is 0 Å². The fourth-order valence-electron chi connectivity index (χ4n) is 2.37. The number of nitrogens with zero attached hydrogens (tertiary/aromatic N) is 3. The molecule has 0 atom stereocenters. The maximum absolute atomic E-state index is 11.2. The maximum Gasteiger partial charge on any atom is 0.299 e. The molecule has 2 rings (SSSR count). The molecule has 5 heteroatoms. The van der Waals surface area contributed by atoms with Crippen molar-refractivity contribution in [3.8, 4) is 0 Å². The van der Waals surface area contributed by atoms with Crippen LogP contribution in [0, 0.1) is 37.8 Å². The van der Waals surface area contributed by atoms with Crippen LogP contribution in [-0.2, 0) is 0 Å². The first kappa shape index (κ1) is 14.8.